The van der Waals surface area contributed by atoms with Crippen LogP contribution in [0.4, 0.5) is 0 Å². The number of benzene rings is 1. The molecule has 3 heterocycles. The lowest BCUT2D eigenvalue weighted by atomic mass is 10.1. The van der Waals surface area contributed by atoms with Crippen LogP contribution in [0.2, 0.25) is 0 Å². The molecule has 10 nitrogen and oxygen atoms in total. The molecule has 0 amide bonds. The second kappa shape index (κ2) is 7.56. The van der Waals surface area contributed by atoms with Gasteiger partial charge in [-0.15, -0.1) is 0 Å². The smallest absolute Gasteiger partial charge is 0.279 e. The van der Waals surface area contributed by atoms with Crippen molar-refractivity contribution < 1.29 is 24.8 Å². The lowest BCUT2D eigenvalue weighted by Gasteiger charge is -2.16. The quantitative estimate of drug-likeness (QED) is 0.524. The van der Waals surface area contributed by atoms with Gasteiger partial charge in [0.1, 0.15) is 29.6 Å². The molecule has 1 unspecified atom stereocenters. The Balaban J connectivity index is 1.75. The number of aryl methyl sites for hydroxylation is 1. The van der Waals surface area contributed by atoms with E-state index in [0.717, 1.165) is 5.56 Å². The fourth-order valence-electron chi connectivity index (χ4n) is 3.51. The van der Waals surface area contributed by atoms with Crippen molar-refractivity contribution in [3.63, 3.8) is 0 Å². The van der Waals surface area contributed by atoms with E-state index >= 15 is 0 Å². The van der Waals surface area contributed by atoms with Crippen molar-refractivity contribution in [1.29, 1.82) is 0 Å². The summed E-state index contributed by atoms with van der Waals surface area (Å²) >= 11 is 0. The van der Waals surface area contributed by atoms with E-state index in [1.165, 1.54) is 15.6 Å². The minimum Gasteiger partial charge on any atom is -0.497 e. The van der Waals surface area contributed by atoms with Crippen molar-refractivity contribution >= 4 is 11.0 Å². The van der Waals surface area contributed by atoms with E-state index in [0.29, 0.717) is 17.0 Å². The average molecular weight is 402 g/mol. The summed E-state index contributed by atoms with van der Waals surface area (Å²) in [5.41, 5.74) is 1.56. The van der Waals surface area contributed by atoms with Gasteiger partial charge in [0.2, 0.25) is 0 Å². The lowest BCUT2D eigenvalue weighted by Crippen LogP contribution is -2.33. The molecule has 4 rings (SSSR count). The predicted molar refractivity (Wildman–Crippen MR) is 102 cm³/mol. The maximum atomic E-state index is 13.2. The van der Waals surface area contributed by atoms with Crippen LogP contribution in [0.5, 0.6) is 5.75 Å². The van der Waals surface area contributed by atoms with Crippen molar-refractivity contribution in [2.75, 3.05) is 13.7 Å². The molecule has 10 heteroatoms. The molecule has 3 aromatic rings. The molecular weight excluding hydrogens is 380 g/mol. The molecule has 0 spiro atoms. The first-order chi connectivity index (χ1) is 13.9. The van der Waals surface area contributed by atoms with E-state index in [4.69, 9.17) is 9.47 Å². The first-order valence-corrected chi connectivity index (χ1v) is 9.14. The van der Waals surface area contributed by atoms with Crippen molar-refractivity contribution in [2.24, 2.45) is 0 Å². The number of fused-ring (bicyclic) bond motifs is 1. The molecule has 1 saturated heterocycles. The Morgan fingerprint density at radius 3 is 2.55 bits per heavy atom. The largest absolute Gasteiger partial charge is 0.497 e. The highest BCUT2D eigenvalue weighted by Gasteiger charge is 2.44. The second-order valence-electron chi connectivity index (χ2n) is 6.98. The molecule has 154 valence electrons. The summed E-state index contributed by atoms with van der Waals surface area (Å²) in [5.74, 6) is 0.716. The fourth-order valence-corrected chi connectivity index (χ4v) is 3.51. The number of aliphatic hydroxyl groups excluding tert-OH is 3. The number of rotatable bonds is 5. The van der Waals surface area contributed by atoms with Crippen molar-refractivity contribution in [1.82, 2.24) is 19.3 Å². The first kappa shape index (κ1) is 19.5. The average Bonchev–Trinajstić information content (AvgIpc) is 3.21. The lowest BCUT2D eigenvalue weighted by molar-refractivity contribution is -0.0566. The van der Waals surface area contributed by atoms with E-state index in [9.17, 15) is 20.1 Å². The third kappa shape index (κ3) is 3.29. The zero-order valence-corrected chi connectivity index (χ0v) is 16.0. The van der Waals surface area contributed by atoms with E-state index in [-0.39, 0.29) is 17.6 Å². The predicted octanol–water partition coefficient (Wildman–Crippen LogP) is -0.430. The van der Waals surface area contributed by atoms with Gasteiger partial charge in [-0.25, -0.2) is 9.67 Å². The molecule has 4 atom stereocenters. The normalized spacial score (nSPS) is 24.3. The molecule has 0 bridgehead atoms. The summed E-state index contributed by atoms with van der Waals surface area (Å²) in [6.07, 6.45) is -3.25. The van der Waals surface area contributed by atoms with Crippen LogP contribution < -0.4 is 10.3 Å². The van der Waals surface area contributed by atoms with Gasteiger partial charge in [0, 0.05) is 0 Å². The number of nitrogens with zero attached hydrogens (tertiary/aromatic N) is 4. The highest BCUT2D eigenvalue weighted by molar-refractivity contribution is 5.76. The minimum atomic E-state index is -1.34. The van der Waals surface area contributed by atoms with Gasteiger partial charge < -0.3 is 24.8 Å². The summed E-state index contributed by atoms with van der Waals surface area (Å²) in [4.78, 5) is 17.5. The monoisotopic (exact) mass is 402 g/mol. The van der Waals surface area contributed by atoms with Gasteiger partial charge in [0.15, 0.2) is 11.7 Å². The van der Waals surface area contributed by atoms with Crippen LogP contribution >= 0.6 is 0 Å². The molecule has 1 aliphatic rings. The highest BCUT2D eigenvalue weighted by atomic mass is 16.6. The Kier molecular flexibility index (Phi) is 5.09. The van der Waals surface area contributed by atoms with E-state index < -0.39 is 31.1 Å². The SMILES string of the molecule is COc1ccc(Cn2cnc3c(C)nn(C4O[C@H](CO)[C@@H](O)[C@H]4O)c3c2=O)cc1. The molecule has 0 saturated carbocycles. The van der Waals surface area contributed by atoms with Crippen molar-refractivity contribution in [3.8, 4) is 5.75 Å². The number of aromatic nitrogens is 4. The number of aliphatic hydroxyl groups is 3. The highest BCUT2D eigenvalue weighted by Crippen LogP contribution is 2.31. The van der Waals surface area contributed by atoms with Crippen LogP contribution in [-0.4, -0.2) is 66.7 Å². The van der Waals surface area contributed by atoms with E-state index in [1.807, 2.05) is 12.1 Å². The van der Waals surface area contributed by atoms with Crippen LogP contribution in [0.3, 0.4) is 0 Å². The Hall–Kier alpha value is -2.79. The van der Waals surface area contributed by atoms with Gasteiger partial charge in [-0.1, -0.05) is 12.1 Å². The van der Waals surface area contributed by atoms with E-state index in [2.05, 4.69) is 10.1 Å². The molecule has 29 heavy (non-hydrogen) atoms. The molecule has 1 fully saturated rings. The zero-order valence-electron chi connectivity index (χ0n) is 16.0. The maximum Gasteiger partial charge on any atom is 0.279 e. The summed E-state index contributed by atoms with van der Waals surface area (Å²) in [6, 6.07) is 7.31. The Morgan fingerprint density at radius 1 is 1.21 bits per heavy atom. The summed E-state index contributed by atoms with van der Waals surface area (Å²) in [7, 11) is 1.58. The number of ether oxygens (including phenoxy) is 2. The third-order valence-corrected chi connectivity index (χ3v) is 5.11. The molecule has 3 N–H and O–H groups in total. The van der Waals surface area contributed by atoms with Crippen LogP contribution in [-0.2, 0) is 11.3 Å². The number of hydrogen-bond acceptors (Lipinski definition) is 8. The Bertz CT molecular complexity index is 1080. The zero-order chi connectivity index (χ0) is 20.7. The van der Waals surface area contributed by atoms with Crippen LogP contribution in [0.15, 0.2) is 35.4 Å². The second-order valence-corrected chi connectivity index (χ2v) is 6.98. The number of hydrogen-bond donors (Lipinski definition) is 3. The molecular formula is C19H22N4O6. The van der Waals surface area contributed by atoms with Crippen molar-refractivity contribution in [3.05, 3.63) is 52.2 Å². The van der Waals surface area contributed by atoms with Crippen LogP contribution in [0.1, 0.15) is 17.5 Å². The Morgan fingerprint density at radius 2 is 1.93 bits per heavy atom. The van der Waals surface area contributed by atoms with Gasteiger partial charge in [-0.3, -0.25) is 9.36 Å². The summed E-state index contributed by atoms with van der Waals surface area (Å²) < 4.78 is 13.4. The van der Waals surface area contributed by atoms with Gasteiger partial charge in [-0.2, -0.15) is 5.10 Å². The molecule has 0 radical (unpaired) electrons. The minimum absolute atomic E-state index is 0.161. The van der Waals surface area contributed by atoms with Gasteiger partial charge in [0.05, 0.1) is 32.3 Å². The standard InChI is InChI=1S/C19H22N4O6/c1-10-14-15(23(21-10)19-17(26)16(25)13(8-24)29-19)18(27)22(9-20-14)7-11-3-5-12(28-2)6-4-11/h3-6,9,13,16-17,19,24-26H,7-8H2,1-2H3/t13-,16-,17-,19?/m1/s1. The van der Waals surface area contributed by atoms with Crippen LogP contribution in [0.25, 0.3) is 11.0 Å². The number of methoxy groups -OCH3 is 1. The van der Waals surface area contributed by atoms with Gasteiger partial charge in [0.25, 0.3) is 5.56 Å². The van der Waals surface area contributed by atoms with Crippen molar-refractivity contribution in [2.45, 2.75) is 38.0 Å². The fraction of sp³-hybridized carbons (Fsp3) is 0.421. The molecule has 0 aliphatic carbocycles. The first-order valence-electron chi connectivity index (χ1n) is 9.14. The van der Waals surface area contributed by atoms with Crippen LogP contribution in [0, 0.1) is 6.92 Å². The summed E-state index contributed by atoms with van der Waals surface area (Å²) in [6.45, 7) is 1.51. The summed E-state index contributed by atoms with van der Waals surface area (Å²) in [5, 5.41) is 34.0. The molecule has 2 aromatic heterocycles. The maximum absolute atomic E-state index is 13.2. The van der Waals surface area contributed by atoms with Gasteiger partial charge >= 0.3 is 0 Å². The topological polar surface area (TPSA) is 132 Å². The van der Waals surface area contributed by atoms with Gasteiger partial charge in [-0.05, 0) is 24.6 Å². The Labute approximate surface area is 165 Å². The third-order valence-electron chi connectivity index (χ3n) is 5.11. The van der Waals surface area contributed by atoms with E-state index in [1.54, 1.807) is 26.2 Å². The molecule has 1 aliphatic heterocycles. The molecule has 1 aromatic carbocycles.